The van der Waals surface area contributed by atoms with Crippen LogP contribution < -0.4 is 5.32 Å². The molecule has 1 N–H and O–H groups in total. The lowest BCUT2D eigenvalue weighted by Gasteiger charge is -2.18. The molecule has 10 heavy (non-hydrogen) atoms. The topological polar surface area (TPSA) is 35.8 Å². The molecule has 1 unspecified atom stereocenters. The maximum absolute atomic E-state index is 8.63. The smallest absolute Gasteiger partial charge is 0.104 e. The van der Waals surface area contributed by atoms with Crippen LogP contribution in [0.4, 0.5) is 0 Å². The molecule has 54 valence electrons. The molecular weight excluding hydrogens is 124 g/mol. The fraction of sp³-hybridized carbons (Fsp3) is 0.625. The normalized spacial score (nSPS) is 14.8. The minimum atomic E-state index is -0.452. The first-order valence-electron chi connectivity index (χ1n) is 3.28. The molecule has 0 saturated carbocycles. The van der Waals surface area contributed by atoms with Crippen molar-refractivity contribution in [3.63, 3.8) is 0 Å². The summed E-state index contributed by atoms with van der Waals surface area (Å²) in [6.45, 7) is 4.25. The molecular formula is C8H12N2. The Balaban J connectivity index is 3.87. The van der Waals surface area contributed by atoms with Crippen molar-refractivity contribution >= 4 is 0 Å². The van der Waals surface area contributed by atoms with Crippen LogP contribution in [-0.2, 0) is 0 Å². The fourth-order valence-electron chi connectivity index (χ4n) is 0.490. The number of hydrogen-bond acceptors (Lipinski definition) is 2. The number of rotatable bonds is 3. The lowest BCUT2D eigenvalue weighted by Crippen LogP contribution is -2.40. The Kier molecular flexibility index (Phi) is 3.54. The summed E-state index contributed by atoms with van der Waals surface area (Å²) in [6.07, 6.45) is 5.79. The van der Waals surface area contributed by atoms with Crippen molar-refractivity contribution < 1.29 is 0 Å². The van der Waals surface area contributed by atoms with E-state index in [2.05, 4.69) is 17.3 Å². The first-order valence-corrected chi connectivity index (χ1v) is 3.28. The van der Waals surface area contributed by atoms with Gasteiger partial charge in [-0.2, -0.15) is 5.26 Å². The maximum Gasteiger partial charge on any atom is 0.104 e. The summed E-state index contributed by atoms with van der Waals surface area (Å²) in [6, 6.07) is 2.16. The summed E-state index contributed by atoms with van der Waals surface area (Å²) < 4.78 is 0. The molecule has 1 atom stereocenters. The zero-order chi connectivity index (χ0) is 8.04. The Morgan fingerprint density at radius 2 is 2.30 bits per heavy atom. The molecule has 0 bridgehead atoms. The molecule has 0 rings (SSSR count). The van der Waals surface area contributed by atoms with Gasteiger partial charge in [0, 0.05) is 0 Å². The zero-order valence-electron chi connectivity index (χ0n) is 6.44. The van der Waals surface area contributed by atoms with Gasteiger partial charge < -0.3 is 0 Å². The average Bonchev–Trinajstić information content (AvgIpc) is 2.00. The first-order chi connectivity index (χ1) is 4.68. The summed E-state index contributed by atoms with van der Waals surface area (Å²) in [5.74, 6) is 2.43. The molecule has 0 saturated heterocycles. The Morgan fingerprint density at radius 3 is 2.60 bits per heavy atom. The van der Waals surface area contributed by atoms with Crippen molar-refractivity contribution in [3.05, 3.63) is 0 Å². The fourth-order valence-corrected chi connectivity index (χ4v) is 0.490. The number of nitrogens with one attached hydrogen (secondary N) is 1. The van der Waals surface area contributed by atoms with E-state index >= 15 is 0 Å². The van der Waals surface area contributed by atoms with Crippen LogP contribution >= 0.6 is 0 Å². The average molecular weight is 136 g/mol. The molecule has 0 spiro atoms. The number of hydrogen-bond donors (Lipinski definition) is 1. The third-order valence-corrected chi connectivity index (χ3v) is 1.53. The minimum absolute atomic E-state index is 0.452. The van der Waals surface area contributed by atoms with E-state index in [4.69, 9.17) is 11.7 Å². The molecule has 0 amide bonds. The second-order valence-corrected chi connectivity index (χ2v) is 2.36. The van der Waals surface area contributed by atoms with Gasteiger partial charge in [0.15, 0.2) is 0 Å². The van der Waals surface area contributed by atoms with Gasteiger partial charge in [0.2, 0.25) is 0 Å². The number of nitriles is 1. The minimum Gasteiger partial charge on any atom is -0.289 e. The van der Waals surface area contributed by atoms with Crippen LogP contribution in [-0.4, -0.2) is 12.1 Å². The van der Waals surface area contributed by atoms with E-state index in [1.165, 1.54) is 0 Å². The largest absolute Gasteiger partial charge is 0.289 e. The van der Waals surface area contributed by atoms with Gasteiger partial charge in [-0.3, -0.25) is 5.32 Å². The van der Waals surface area contributed by atoms with Crippen molar-refractivity contribution in [2.24, 2.45) is 0 Å². The first kappa shape index (κ1) is 9.01. The second-order valence-electron chi connectivity index (χ2n) is 2.36. The van der Waals surface area contributed by atoms with Crippen LogP contribution in [0.15, 0.2) is 0 Å². The molecule has 2 heteroatoms. The summed E-state index contributed by atoms with van der Waals surface area (Å²) in [5, 5.41) is 11.6. The monoisotopic (exact) mass is 136 g/mol. The van der Waals surface area contributed by atoms with Gasteiger partial charge in [0.1, 0.15) is 5.54 Å². The van der Waals surface area contributed by atoms with Crippen molar-refractivity contribution in [1.29, 1.82) is 5.26 Å². The van der Waals surface area contributed by atoms with Crippen LogP contribution in [0, 0.1) is 23.7 Å². The Bertz CT molecular complexity index is 173. The number of nitrogens with zero attached hydrogens (tertiary/aromatic N) is 1. The maximum atomic E-state index is 8.63. The van der Waals surface area contributed by atoms with Gasteiger partial charge in [-0.15, -0.1) is 6.42 Å². The highest BCUT2D eigenvalue weighted by Crippen LogP contribution is 2.05. The zero-order valence-corrected chi connectivity index (χ0v) is 6.44. The summed E-state index contributed by atoms with van der Waals surface area (Å²) in [7, 11) is 0. The van der Waals surface area contributed by atoms with E-state index in [1.54, 1.807) is 0 Å². The molecule has 0 aromatic rings. The van der Waals surface area contributed by atoms with E-state index in [1.807, 2.05) is 13.8 Å². The molecule has 0 fully saturated rings. The van der Waals surface area contributed by atoms with Gasteiger partial charge in [0.05, 0.1) is 12.6 Å². The van der Waals surface area contributed by atoms with E-state index in [9.17, 15) is 0 Å². The van der Waals surface area contributed by atoms with Crippen molar-refractivity contribution in [3.8, 4) is 18.4 Å². The standard InChI is InChI=1S/C8H12N2/c1-4-6-10-8(3,5-2)7-9/h1,10H,5-6H2,2-3H3. The third-order valence-electron chi connectivity index (χ3n) is 1.53. The van der Waals surface area contributed by atoms with Crippen LogP contribution in [0.3, 0.4) is 0 Å². The summed E-state index contributed by atoms with van der Waals surface area (Å²) in [5.41, 5.74) is -0.452. The van der Waals surface area contributed by atoms with Crippen LogP contribution in [0.1, 0.15) is 20.3 Å². The molecule has 0 aromatic carbocycles. The molecule has 0 aliphatic carbocycles. The SMILES string of the molecule is C#CCNC(C)(C#N)CC. The molecule has 0 radical (unpaired) electrons. The summed E-state index contributed by atoms with van der Waals surface area (Å²) in [4.78, 5) is 0. The Morgan fingerprint density at radius 1 is 1.70 bits per heavy atom. The predicted molar refractivity (Wildman–Crippen MR) is 41.1 cm³/mol. The van der Waals surface area contributed by atoms with Crippen LogP contribution in [0.2, 0.25) is 0 Å². The molecule has 0 aliphatic heterocycles. The highest BCUT2D eigenvalue weighted by atomic mass is 14.9. The highest BCUT2D eigenvalue weighted by Gasteiger charge is 2.18. The van der Waals surface area contributed by atoms with Gasteiger partial charge in [-0.05, 0) is 13.3 Å². The van der Waals surface area contributed by atoms with Crippen molar-refractivity contribution in [2.45, 2.75) is 25.8 Å². The summed E-state index contributed by atoms with van der Waals surface area (Å²) >= 11 is 0. The predicted octanol–water partition coefficient (Wildman–Crippen LogP) is 0.901. The van der Waals surface area contributed by atoms with E-state index in [0.717, 1.165) is 6.42 Å². The van der Waals surface area contributed by atoms with Crippen LogP contribution in [0.5, 0.6) is 0 Å². The van der Waals surface area contributed by atoms with Gasteiger partial charge in [0.25, 0.3) is 0 Å². The van der Waals surface area contributed by atoms with E-state index in [-0.39, 0.29) is 0 Å². The van der Waals surface area contributed by atoms with Gasteiger partial charge in [-0.25, -0.2) is 0 Å². The number of terminal acetylenes is 1. The molecule has 0 heterocycles. The molecule has 0 aliphatic rings. The van der Waals surface area contributed by atoms with Crippen molar-refractivity contribution in [2.75, 3.05) is 6.54 Å². The quantitative estimate of drug-likeness (QED) is 0.585. The lowest BCUT2D eigenvalue weighted by molar-refractivity contribution is 0.460. The molecule has 2 nitrogen and oxygen atoms in total. The van der Waals surface area contributed by atoms with E-state index in [0.29, 0.717) is 6.54 Å². The van der Waals surface area contributed by atoms with Crippen LogP contribution in [0.25, 0.3) is 0 Å². The van der Waals surface area contributed by atoms with E-state index < -0.39 is 5.54 Å². The lowest BCUT2D eigenvalue weighted by atomic mass is 10.0. The van der Waals surface area contributed by atoms with Crippen molar-refractivity contribution in [1.82, 2.24) is 5.32 Å². The Labute approximate surface area is 62.2 Å². The van der Waals surface area contributed by atoms with Gasteiger partial charge >= 0.3 is 0 Å². The second kappa shape index (κ2) is 3.93. The van der Waals surface area contributed by atoms with Gasteiger partial charge in [-0.1, -0.05) is 12.8 Å². The highest BCUT2D eigenvalue weighted by molar-refractivity contribution is 5.05. The molecule has 0 aromatic heterocycles. The third kappa shape index (κ3) is 2.53. The Hall–Kier alpha value is -0.990.